The van der Waals surface area contributed by atoms with Crippen molar-refractivity contribution in [2.24, 2.45) is 0 Å². The van der Waals surface area contributed by atoms with Crippen molar-refractivity contribution in [1.82, 2.24) is 14.1 Å². The van der Waals surface area contributed by atoms with Gasteiger partial charge in [0.05, 0.1) is 44.8 Å². The van der Waals surface area contributed by atoms with Gasteiger partial charge in [-0.15, -0.1) is 0 Å². The highest BCUT2D eigenvalue weighted by atomic mass is 16.3. The van der Waals surface area contributed by atoms with E-state index in [0.29, 0.717) is 0 Å². The lowest BCUT2D eigenvalue weighted by Gasteiger charge is -2.15. The lowest BCUT2D eigenvalue weighted by atomic mass is 10.1. The Balaban J connectivity index is 1.33. The van der Waals surface area contributed by atoms with Crippen LogP contribution in [0.1, 0.15) is 0 Å². The van der Waals surface area contributed by atoms with E-state index >= 15 is 0 Å². The van der Waals surface area contributed by atoms with Gasteiger partial charge in [-0.2, -0.15) is 0 Å². The molecule has 0 aliphatic rings. The molecule has 0 bridgehead atoms. The quantitative estimate of drug-likeness (QED) is 0.190. The van der Waals surface area contributed by atoms with Crippen LogP contribution < -0.4 is 0 Å². The second-order valence-electron chi connectivity index (χ2n) is 13.1. The van der Waals surface area contributed by atoms with Crippen LogP contribution in [0, 0.1) is 0 Å². The zero-order chi connectivity index (χ0) is 33.5. The van der Waals surface area contributed by atoms with Crippen molar-refractivity contribution in [3.8, 4) is 33.9 Å². The van der Waals surface area contributed by atoms with Crippen LogP contribution in [-0.2, 0) is 0 Å². The van der Waals surface area contributed by atoms with Gasteiger partial charge < -0.3 is 13.6 Å². The largest absolute Gasteiger partial charge is 0.454 e. The molecule has 0 unspecified atom stereocenters. The maximum atomic E-state index is 6.68. The molecule has 0 saturated carbocycles. The van der Waals surface area contributed by atoms with E-state index in [4.69, 9.17) is 9.40 Å². The third kappa shape index (κ3) is 4.11. The summed E-state index contributed by atoms with van der Waals surface area (Å²) in [5.41, 5.74) is 12.4. The molecule has 238 valence electrons. The van der Waals surface area contributed by atoms with Gasteiger partial charge >= 0.3 is 0 Å². The lowest BCUT2D eigenvalue weighted by molar-refractivity contribution is 0.666. The van der Waals surface area contributed by atoms with Gasteiger partial charge in [0.15, 0.2) is 5.58 Å². The molecule has 7 aromatic carbocycles. The number of rotatable bonds is 4. The molecule has 11 aromatic rings. The van der Waals surface area contributed by atoms with E-state index < -0.39 is 0 Å². The summed E-state index contributed by atoms with van der Waals surface area (Å²) in [6.45, 7) is 0. The van der Waals surface area contributed by atoms with Crippen molar-refractivity contribution in [2.75, 3.05) is 0 Å². The highest BCUT2D eigenvalue weighted by molar-refractivity contribution is 6.24. The van der Waals surface area contributed by atoms with Gasteiger partial charge in [0.2, 0.25) is 0 Å². The topological polar surface area (TPSA) is 35.9 Å². The first-order valence-corrected chi connectivity index (χ1v) is 17.3. The number of hydrogen-bond donors (Lipinski definition) is 0. The molecule has 4 aromatic heterocycles. The minimum atomic E-state index is 0.877. The fourth-order valence-electron chi connectivity index (χ4n) is 8.09. The van der Waals surface area contributed by atoms with Gasteiger partial charge in [-0.05, 0) is 36.4 Å². The Morgan fingerprint density at radius 1 is 0.392 bits per heavy atom. The van der Waals surface area contributed by atoms with E-state index in [2.05, 4.69) is 179 Å². The zero-order valence-electron chi connectivity index (χ0n) is 27.5. The molecule has 0 fully saturated rings. The summed E-state index contributed by atoms with van der Waals surface area (Å²) >= 11 is 0. The molecule has 0 radical (unpaired) electrons. The van der Waals surface area contributed by atoms with Gasteiger partial charge in [-0.25, -0.2) is 4.98 Å². The average Bonchev–Trinajstić information content (AvgIpc) is 3.86. The summed E-state index contributed by atoms with van der Waals surface area (Å²) < 4.78 is 11.6. The minimum absolute atomic E-state index is 0.877. The normalized spacial score (nSPS) is 11.9. The molecule has 0 N–H and O–H groups in total. The Labute approximate surface area is 293 Å². The Kier molecular flexibility index (Phi) is 5.92. The van der Waals surface area contributed by atoms with Gasteiger partial charge in [-0.1, -0.05) is 140 Å². The van der Waals surface area contributed by atoms with Crippen molar-refractivity contribution in [2.45, 2.75) is 0 Å². The van der Waals surface area contributed by atoms with Gasteiger partial charge in [-0.3, -0.25) is 0 Å². The first kappa shape index (κ1) is 28.0. The number of furan rings is 1. The maximum absolute atomic E-state index is 6.68. The Bertz CT molecular complexity index is 3070. The summed E-state index contributed by atoms with van der Waals surface area (Å²) in [6.07, 6.45) is 0. The highest BCUT2D eigenvalue weighted by Crippen LogP contribution is 2.44. The second-order valence-corrected chi connectivity index (χ2v) is 13.1. The molecule has 0 atom stereocenters. The third-order valence-electron chi connectivity index (χ3n) is 10.3. The number of aromatic nitrogens is 3. The molecule has 0 saturated heterocycles. The van der Waals surface area contributed by atoms with E-state index in [9.17, 15) is 0 Å². The lowest BCUT2D eigenvalue weighted by Crippen LogP contribution is -2.01. The molecule has 11 rings (SSSR count). The van der Waals surface area contributed by atoms with E-state index in [1.807, 2.05) is 6.07 Å². The predicted molar refractivity (Wildman–Crippen MR) is 211 cm³/mol. The van der Waals surface area contributed by atoms with Crippen LogP contribution >= 0.6 is 0 Å². The molecule has 4 nitrogen and oxygen atoms in total. The minimum Gasteiger partial charge on any atom is -0.454 e. The Morgan fingerprint density at radius 3 is 1.55 bits per heavy atom. The summed E-state index contributed by atoms with van der Waals surface area (Å²) in [4.78, 5) is 5.23. The summed E-state index contributed by atoms with van der Waals surface area (Å²) in [5, 5.41) is 7.01. The van der Waals surface area contributed by atoms with Crippen molar-refractivity contribution < 1.29 is 4.42 Å². The average molecular weight is 652 g/mol. The van der Waals surface area contributed by atoms with Crippen LogP contribution in [0.15, 0.2) is 180 Å². The van der Waals surface area contributed by atoms with Crippen LogP contribution in [0.3, 0.4) is 0 Å². The summed E-state index contributed by atoms with van der Waals surface area (Å²) in [7, 11) is 0. The van der Waals surface area contributed by atoms with E-state index in [0.717, 1.165) is 77.9 Å². The maximum Gasteiger partial charge on any atom is 0.159 e. The summed E-state index contributed by atoms with van der Waals surface area (Å²) in [6, 6.07) is 62.3. The highest BCUT2D eigenvalue weighted by Gasteiger charge is 2.23. The van der Waals surface area contributed by atoms with Crippen LogP contribution in [0.5, 0.6) is 0 Å². The smallest absolute Gasteiger partial charge is 0.159 e. The van der Waals surface area contributed by atoms with Crippen molar-refractivity contribution >= 4 is 65.6 Å². The first-order chi connectivity index (χ1) is 25.3. The van der Waals surface area contributed by atoms with E-state index in [1.165, 1.54) is 21.5 Å². The van der Waals surface area contributed by atoms with Crippen LogP contribution in [-0.4, -0.2) is 14.1 Å². The second kappa shape index (κ2) is 10.8. The molecule has 4 heterocycles. The molecule has 4 heteroatoms. The van der Waals surface area contributed by atoms with Crippen LogP contribution in [0.4, 0.5) is 0 Å². The van der Waals surface area contributed by atoms with E-state index in [1.54, 1.807) is 0 Å². The zero-order valence-corrected chi connectivity index (χ0v) is 27.5. The van der Waals surface area contributed by atoms with Gasteiger partial charge in [0.25, 0.3) is 0 Å². The molecule has 0 aliphatic heterocycles. The van der Waals surface area contributed by atoms with Crippen molar-refractivity contribution in [1.29, 1.82) is 0 Å². The van der Waals surface area contributed by atoms with Crippen LogP contribution in [0.25, 0.3) is 99.4 Å². The Hall–Kier alpha value is -6.91. The number of benzene rings is 7. The fraction of sp³-hybridized carbons (Fsp3) is 0. The summed E-state index contributed by atoms with van der Waals surface area (Å²) in [5.74, 6) is 0. The standard InChI is InChI=1S/C47H29N3O/c1-3-14-30(15-4-1)39-28-32(29-40(48-39)31-16-5-2-6-17-31)49-41-22-10-7-18-33(41)36-26-27-37-34-19-8-11-23-42(34)50(46(37)45(36)49)43-24-13-21-38-35-20-9-12-25-44(35)51-47(38)43/h1-29H. The Morgan fingerprint density at radius 2 is 0.902 bits per heavy atom. The predicted octanol–water partition coefficient (Wildman–Crippen LogP) is 12.5. The molecule has 0 aliphatic carbocycles. The molecular weight excluding hydrogens is 623 g/mol. The number of para-hydroxylation sites is 4. The number of hydrogen-bond acceptors (Lipinski definition) is 2. The van der Waals surface area contributed by atoms with Gasteiger partial charge in [0.1, 0.15) is 5.58 Å². The number of nitrogens with zero attached hydrogens (tertiary/aromatic N) is 3. The first-order valence-electron chi connectivity index (χ1n) is 17.3. The van der Waals surface area contributed by atoms with Crippen molar-refractivity contribution in [3.63, 3.8) is 0 Å². The van der Waals surface area contributed by atoms with E-state index in [-0.39, 0.29) is 0 Å². The monoisotopic (exact) mass is 651 g/mol. The van der Waals surface area contributed by atoms with Gasteiger partial charge in [0, 0.05) is 43.4 Å². The number of pyridine rings is 1. The molecule has 0 amide bonds. The molecule has 51 heavy (non-hydrogen) atoms. The fourth-order valence-corrected chi connectivity index (χ4v) is 8.09. The van der Waals surface area contributed by atoms with Crippen molar-refractivity contribution in [3.05, 3.63) is 176 Å². The SMILES string of the molecule is c1ccc(-c2cc(-n3c4ccccc4c4ccc5c6ccccc6n(-c6cccc7c6oc6ccccc67)c5c43)cc(-c3ccccc3)n2)cc1. The molecular formula is C47H29N3O. The number of fused-ring (bicyclic) bond motifs is 10. The third-order valence-corrected chi connectivity index (χ3v) is 10.3. The van der Waals surface area contributed by atoms with Crippen LogP contribution in [0.2, 0.25) is 0 Å². The molecule has 0 spiro atoms.